The molecule has 6 heteroatoms. The summed E-state index contributed by atoms with van der Waals surface area (Å²) in [5, 5.41) is 10.0. The minimum Gasteiger partial charge on any atom is -0.339 e. The SMILES string of the molecule is Cc1nc(SCC(=O)N2CCN(C)CC2)c(C#N)c(C)c1C. The molecule has 1 aromatic rings. The molecule has 0 atom stereocenters. The second-order valence-corrected chi connectivity index (χ2v) is 6.68. The van der Waals surface area contributed by atoms with Crippen LogP contribution >= 0.6 is 11.8 Å². The molecular weight excluding hydrogens is 296 g/mol. The first kappa shape index (κ1) is 16.8. The van der Waals surface area contributed by atoms with Gasteiger partial charge in [-0.15, -0.1) is 0 Å². The Hall–Kier alpha value is -1.58. The van der Waals surface area contributed by atoms with Crippen LogP contribution in [0.1, 0.15) is 22.4 Å². The number of nitrogens with zero attached hydrogens (tertiary/aromatic N) is 4. The first-order chi connectivity index (χ1) is 10.4. The van der Waals surface area contributed by atoms with Gasteiger partial charge in [0.15, 0.2) is 0 Å². The van der Waals surface area contributed by atoms with Crippen LogP contribution in [0, 0.1) is 32.1 Å². The van der Waals surface area contributed by atoms with Crippen molar-refractivity contribution in [2.45, 2.75) is 25.8 Å². The van der Waals surface area contributed by atoms with Crippen molar-refractivity contribution < 1.29 is 4.79 Å². The highest BCUT2D eigenvalue weighted by Gasteiger charge is 2.20. The van der Waals surface area contributed by atoms with E-state index in [0.717, 1.165) is 43.0 Å². The molecule has 0 spiro atoms. The molecule has 1 fully saturated rings. The summed E-state index contributed by atoms with van der Waals surface area (Å²) in [7, 11) is 2.07. The van der Waals surface area contributed by atoms with Gasteiger partial charge in [0.1, 0.15) is 11.1 Å². The highest BCUT2D eigenvalue weighted by molar-refractivity contribution is 8.00. The summed E-state index contributed by atoms with van der Waals surface area (Å²) >= 11 is 1.37. The predicted molar refractivity (Wildman–Crippen MR) is 88.0 cm³/mol. The molecule has 1 aliphatic heterocycles. The molecule has 2 heterocycles. The molecule has 118 valence electrons. The van der Waals surface area contributed by atoms with Gasteiger partial charge in [0, 0.05) is 31.9 Å². The van der Waals surface area contributed by atoms with Gasteiger partial charge in [0.2, 0.25) is 5.91 Å². The standard InChI is InChI=1S/C16H22N4OS/c1-11-12(2)14(9-17)16(18-13(11)3)22-10-15(21)20-7-5-19(4)6-8-20/h5-8,10H2,1-4H3. The van der Waals surface area contributed by atoms with E-state index < -0.39 is 0 Å². The maximum Gasteiger partial charge on any atom is 0.233 e. The van der Waals surface area contributed by atoms with Crippen LogP contribution in [0.5, 0.6) is 0 Å². The molecule has 1 aromatic heterocycles. The molecule has 2 rings (SSSR count). The number of piperazine rings is 1. The molecule has 0 aliphatic carbocycles. The molecule has 1 amide bonds. The molecule has 0 radical (unpaired) electrons. The predicted octanol–water partition coefficient (Wildman–Crippen LogP) is 1.74. The summed E-state index contributed by atoms with van der Waals surface area (Å²) in [5.41, 5.74) is 3.53. The quantitative estimate of drug-likeness (QED) is 0.795. The number of pyridine rings is 1. The molecule has 0 aromatic carbocycles. The Labute approximate surface area is 136 Å². The summed E-state index contributed by atoms with van der Waals surface area (Å²) in [6, 6.07) is 2.23. The number of rotatable bonds is 3. The number of nitriles is 1. The number of hydrogen-bond acceptors (Lipinski definition) is 5. The number of likely N-dealkylation sites (N-methyl/N-ethyl adjacent to an activating group) is 1. The van der Waals surface area contributed by atoms with Gasteiger partial charge < -0.3 is 9.80 Å². The molecule has 0 unspecified atom stereocenters. The first-order valence-corrected chi connectivity index (χ1v) is 8.39. The van der Waals surface area contributed by atoms with E-state index in [9.17, 15) is 10.1 Å². The molecule has 0 bridgehead atoms. The maximum atomic E-state index is 12.3. The van der Waals surface area contributed by atoms with Crippen molar-refractivity contribution in [3.05, 3.63) is 22.4 Å². The van der Waals surface area contributed by atoms with E-state index in [2.05, 4.69) is 23.0 Å². The summed E-state index contributed by atoms with van der Waals surface area (Å²) < 4.78 is 0. The van der Waals surface area contributed by atoms with Crippen molar-refractivity contribution in [1.82, 2.24) is 14.8 Å². The van der Waals surface area contributed by atoms with Crippen LogP contribution in [-0.2, 0) is 4.79 Å². The summed E-state index contributed by atoms with van der Waals surface area (Å²) in [6.45, 7) is 9.25. The third-order valence-electron chi connectivity index (χ3n) is 4.26. The van der Waals surface area contributed by atoms with Crippen molar-refractivity contribution in [3.63, 3.8) is 0 Å². The average Bonchev–Trinajstić information content (AvgIpc) is 2.51. The fraction of sp³-hybridized carbons (Fsp3) is 0.562. The molecule has 1 saturated heterocycles. The van der Waals surface area contributed by atoms with Gasteiger partial charge in [-0.2, -0.15) is 5.26 Å². The van der Waals surface area contributed by atoms with E-state index in [0.29, 0.717) is 16.3 Å². The maximum absolute atomic E-state index is 12.3. The number of amides is 1. The van der Waals surface area contributed by atoms with Crippen LogP contribution < -0.4 is 0 Å². The Kier molecular flexibility index (Phi) is 5.43. The fourth-order valence-corrected chi connectivity index (χ4v) is 3.41. The molecule has 0 N–H and O–H groups in total. The molecule has 0 saturated carbocycles. The number of aromatic nitrogens is 1. The van der Waals surface area contributed by atoms with Crippen LogP contribution in [0.3, 0.4) is 0 Å². The molecular formula is C16H22N4OS. The van der Waals surface area contributed by atoms with Crippen molar-refractivity contribution in [2.24, 2.45) is 0 Å². The smallest absolute Gasteiger partial charge is 0.233 e. The van der Waals surface area contributed by atoms with Gasteiger partial charge in [0.25, 0.3) is 0 Å². The lowest BCUT2D eigenvalue weighted by atomic mass is 10.1. The molecule has 22 heavy (non-hydrogen) atoms. The lowest BCUT2D eigenvalue weighted by Crippen LogP contribution is -2.47. The number of thioether (sulfide) groups is 1. The number of hydrogen-bond donors (Lipinski definition) is 0. The zero-order chi connectivity index (χ0) is 16.3. The molecule has 1 aliphatic rings. The van der Waals surface area contributed by atoms with Crippen LogP contribution in [0.2, 0.25) is 0 Å². The van der Waals surface area contributed by atoms with E-state index in [-0.39, 0.29) is 5.91 Å². The summed E-state index contributed by atoms with van der Waals surface area (Å²) in [5.74, 6) is 0.465. The van der Waals surface area contributed by atoms with E-state index in [1.54, 1.807) is 0 Å². The number of carbonyl (C=O) groups excluding carboxylic acids is 1. The molecule has 5 nitrogen and oxygen atoms in total. The van der Waals surface area contributed by atoms with Crippen LogP contribution in [-0.4, -0.2) is 59.7 Å². The number of aryl methyl sites for hydroxylation is 1. The van der Waals surface area contributed by atoms with Crippen LogP contribution in [0.15, 0.2) is 5.03 Å². The van der Waals surface area contributed by atoms with Crippen molar-refractivity contribution in [3.8, 4) is 6.07 Å². The summed E-state index contributed by atoms with van der Waals surface area (Å²) in [6.07, 6.45) is 0. The fourth-order valence-electron chi connectivity index (χ4n) is 2.42. The highest BCUT2D eigenvalue weighted by Crippen LogP contribution is 2.26. The van der Waals surface area contributed by atoms with Crippen molar-refractivity contribution >= 4 is 17.7 Å². The first-order valence-electron chi connectivity index (χ1n) is 7.41. The second-order valence-electron chi connectivity index (χ2n) is 5.71. The minimum absolute atomic E-state index is 0.125. The Bertz CT molecular complexity index is 616. The second kappa shape index (κ2) is 7.12. The van der Waals surface area contributed by atoms with Gasteiger partial charge >= 0.3 is 0 Å². The topological polar surface area (TPSA) is 60.2 Å². The number of carbonyl (C=O) groups is 1. The van der Waals surface area contributed by atoms with Crippen LogP contribution in [0.4, 0.5) is 0 Å². The lowest BCUT2D eigenvalue weighted by molar-refractivity contribution is -0.129. The van der Waals surface area contributed by atoms with Gasteiger partial charge in [-0.3, -0.25) is 4.79 Å². The van der Waals surface area contributed by atoms with E-state index in [1.807, 2.05) is 25.7 Å². The van der Waals surface area contributed by atoms with Gasteiger partial charge in [-0.05, 0) is 38.9 Å². The Morgan fingerprint density at radius 3 is 2.45 bits per heavy atom. The normalized spacial score (nSPS) is 15.7. The van der Waals surface area contributed by atoms with E-state index in [1.165, 1.54) is 11.8 Å². The van der Waals surface area contributed by atoms with Crippen LogP contribution in [0.25, 0.3) is 0 Å². The third-order valence-corrected chi connectivity index (χ3v) is 5.22. The largest absolute Gasteiger partial charge is 0.339 e. The Balaban J connectivity index is 2.06. The lowest BCUT2D eigenvalue weighted by Gasteiger charge is -2.32. The Morgan fingerprint density at radius 1 is 1.23 bits per heavy atom. The average molecular weight is 318 g/mol. The van der Waals surface area contributed by atoms with Gasteiger partial charge in [-0.1, -0.05) is 11.8 Å². The Morgan fingerprint density at radius 2 is 1.86 bits per heavy atom. The zero-order valence-electron chi connectivity index (χ0n) is 13.6. The van der Waals surface area contributed by atoms with Gasteiger partial charge in [-0.25, -0.2) is 4.98 Å². The summed E-state index contributed by atoms with van der Waals surface area (Å²) in [4.78, 5) is 20.9. The van der Waals surface area contributed by atoms with Gasteiger partial charge in [0.05, 0.1) is 11.3 Å². The monoisotopic (exact) mass is 318 g/mol. The van der Waals surface area contributed by atoms with Crippen molar-refractivity contribution in [1.29, 1.82) is 5.26 Å². The minimum atomic E-state index is 0.125. The van der Waals surface area contributed by atoms with Crippen molar-refractivity contribution in [2.75, 3.05) is 39.0 Å². The van der Waals surface area contributed by atoms with E-state index in [4.69, 9.17) is 0 Å². The zero-order valence-corrected chi connectivity index (χ0v) is 14.5. The third kappa shape index (κ3) is 3.60. The highest BCUT2D eigenvalue weighted by atomic mass is 32.2. The van der Waals surface area contributed by atoms with E-state index >= 15 is 0 Å².